The quantitative estimate of drug-likeness (QED) is 0.649. The number of aromatic amines is 1. The Hall–Kier alpha value is -2.28. The third kappa shape index (κ3) is 4.02. The molecule has 5 nitrogen and oxygen atoms in total. The van der Waals surface area contributed by atoms with Crippen molar-refractivity contribution in [1.82, 2.24) is 15.0 Å². The lowest BCUT2D eigenvalue weighted by atomic mass is 9.96. The molecule has 0 atom stereocenters. The molecular weight excluding hydrogens is 376 g/mol. The lowest BCUT2D eigenvalue weighted by Crippen LogP contribution is -2.13. The van der Waals surface area contributed by atoms with Gasteiger partial charge >= 0.3 is 0 Å². The molecule has 1 aromatic carbocycles. The first-order valence-electron chi connectivity index (χ1n) is 8.45. The number of rotatable bonds is 2. The largest absolute Gasteiger partial charge is 0.412 e. The van der Waals surface area contributed by atoms with E-state index in [0.717, 1.165) is 34.2 Å². The first kappa shape index (κ1) is 21.0. The van der Waals surface area contributed by atoms with Crippen LogP contribution in [0.3, 0.4) is 0 Å². The van der Waals surface area contributed by atoms with Crippen molar-refractivity contribution < 1.29 is 5.48 Å². The fourth-order valence-corrected chi connectivity index (χ4v) is 3.87. The highest BCUT2D eigenvalue weighted by Gasteiger charge is 2.23. The zero-order valence-electron chi connectivity index (χ0n) is 15.8. The number of aromatic nitrogens is 3. The van der Waals surface area contributed by atoms with Crippen LogP contribution in [0.25, 0.3) is 22.6 Å². The van der Waals surface area contributed by atoms with Crippen LogP contribution in [0.2, 0.25) is 0 Å². The van der Waals surface area contributed by atoms with Crippen LogP contribution in [0.4, 0.5) is 5.69 Å². The molecule has 4 rings (SSSR count). The molecule has 1 radical (unpaired) electrons. The number of fused-ring (bicyclic) bond motifs is 1. The minimum Gasteiger partial charge on any atom is -0.412 e. The number of pyridine rings is 1. The van der Waals surface area contributed by atoms with Gasteiger partial charge in [0.25, 0.3) is 0 Å². The molecule has 27 heavy (non-hydrogen) atoms. The number of anilines is 1. The first-order chi connectivity index (χ1) is 11.9. The molecule has 0 saturated heterocycles. The van der Waals surface area contributed by atoms with E-state index in [-0.39, 0.29) is 23.3 Å². The maximum Gasteiger partial charge on any atom is 0.112 e. The molecule has 0 bridgehead atoms. The Labute approximate surface area is 167 Å². The number of aryl methyl sites for hydroxylation is 1. The molecule has 3 aromatic rings. The molecule has 0 unspecified atom stereocenters. The fourth-order valence-electron chi connectivity index (χ4n) is 2.93. The highest BCUT2D eigenvalue weighted by molar-refractivity contribution is 6.67. The summed E-state index contributed by atoms with van der Waals surface area (Å²) in [5.41, 5.74) is 6.19. The van der Waals surface area contributed by atoms with Crippen LogP contribution in [0.15, 0.2) is 36.4 Å². The van der Waals surface area contributed by atoms with E-state index in [0.29, 0.717) is 9.13 Å². The Bertz CT molecular complexity index is 992. The molecule has 1 aliphatic heterocycles. The SMILES string of the molecule is Cc1cccc(-c2[nH]c(C(C)(C)C)nc2-c2ccc3c(c2)[Si]=CN3)n1.Cl.O. The first-order valence-corrected chi connectivity index (χ1v) is 9.53. The van der Waals surface area contributed by atoms with Gasteiger partial charge in [0.1, 0.15) is 5.82 Å². The van der Waals surface area contributed by atoms with Gasteiger partial charge in [-0.25, -0.2) is 4.98 Å². The average Bonchev–Trinajstić information content (AvgIpc) is 3.20. The van der Waals surface area contributed by atoms with Gasteiger partial charge in [0.2, 0.25) is 0 Å². The smallest absolute Gasteiger partial charge is 0.112 e. The zero-order chi connectivity index (χ0) is 17.6. The van der Waals surface area contributed by atoms with E-state index < -0.39 is 0 Å². The number of hydrogen-bond acceptors (Lipinski definition) is 3. The molecule has 1 aliphatic rings. The summed E-state index contributed by atoms with van der Waals surface area (Å²) >= 11 is 0. The minimum atomic E-state index is -0.0510. The number of benzene rings is 1. The van der Waals surface area contributed by atoms with Crippen LogP contribution in [0.1, 0.15) is 32.3 Å². The van der Waals surface area contributed by atoms with Gasteiger partial charge in [0.15, 0.2) is 0 Å². The van der Waals surface area contributed by atoms with E-state index in [1.54, 1.807) is 0 Å². The summed E-state index contributed by atoms with van der Waals surface area (Å²) in [6, 6.07) is 12.6. The van der Waals surface area contributed by atoms with E-state index >= 15 is 0 Å². The Balaban J connectivity index is 0.00000131. The van der Waals surface area contributed by atoms with E-state index in [4.69, 9.17) is 9.97 Å². The van der Waals surface area contributed by atoms with Crippen LogP contribution < -0.4 is 10.5 Å². The summed E-state index contributed by atoms with van der Waals surface area (Å²) < 4.78 is 0. The lowest BCUT2D eigenvalue weighted by molar-refractivity contribution is 0.553. The van der Waals surface area contributed by atoms with E-state index in [9.17, 15) is 0 Å². The Morgan fingerprint density at radius 3 is 2.52 bits per heavy atom. The summed E-state index contributed by atoms with van der Waals surface area (Å²) in [5.74, 6) is 3.09. The summed E-state index contributed by atoms with van der Waals surface area (Å²) in [6.07, 6.45) is 0. The number of nitrogens with zero attached hydrogens (tertiary/aromatic N) is 2. The Kier molecular flexibility index (Phi) is 6.04. The van der Waals surface area contributed by atoms with Gasteiger partial charge in [-0.15, -0.1) is 12.4 Å². The lowest BCUT2D eigenvalue weighted by Gasteiger charge is -2.14. The van der Waals surface area contributed by atoms with Gasteiger partial charge in [0, 0.05) is 22.4 Å². The molecular formula is C20H24ClN4OSi. The van der Waals surface area contributed by atoms with E-state index in [1.165, 1.54) is 10.9 Å². The second-order valence-electron chi connectivity index (χ2n) is 7.42. The van der Waals surface area contributed by atoms with Gasteiger partial charge in [-0.1, -0.05) is 32.9 Å². The van der Waals surface area contributed by atoms with Crippen molar-refractivity contribution in [1.29, 1.82) is 0 Å². The van der Waals surface area contributed by atoms with Crippen LogP contribution in [-0.4, -0.2) is 35.4 Å². The highest BCUT2D eigenvalue weighted by Crippen LogP contribution is 2.33. The Morgan fingerprint density at radius 1 is 1.04 bits per heavy atom. The predicted octanol–water partition coefficient (Wildman–Crippen LogP) is 2.86. The predicted molar refractivity (Wildman–Crippen MR) is 117 cm³/mol. The Morgan fingerprint density at radius 2 is 1.81 bits per heavy atom. The topological polar surface area (TPSA) is 85.1 Å². The van der Waals surface area contributed by atoms with Crippen molar-refractivity contribution in [3.8, 4) is 22.6 Å². The van der Waals surface area contributed by atoms with Crippen molar-refractivity contribution >= 4 is 38.2 Å². The van der Waals surface area contributed by atoms with Gasteiger partial charge in [-0.2, -0.15) is 0 Å². The molecule has 0 amide bonds. The van der Waals surface area contributed by atoms with Crippen LogP contribution in [0, 0.1) is 6.92 Å². The molecule has 0 aliphatic carbocycles. The molecule has 4 N–H and O–H groups in total. The molecule has 7 heteroatoms. The van der Waals surface area contributed by atoms with Gasteiger partial charge in [-0.05, 0) is 42.2 Å². The average molecular weight is 400 g/mol. The number of halogens is 1. The maximum absolute atomic E-state index is 4.96. The van der Waals surface area contributed by atoms with E-state index in [2.05, 4.69) is 55.1 Å². The summed E-state index contributed by atoms with van der Waals surface area (Å²) in [6.45, 7) is 8.53. The standard InChI is InChI=1S/C20H21N4Si.ClH.H2O/c1-12-6-5-7-15(22-12)18-17(23-19(24-18)20(2,3)4)13-8-9-14-16(10-13)25-11-21-14;;/h5-11,21H,1-4H3,(H,23,24);1H;1H2. The van der Waals surface area contributed by atoms with Gasteiger partial charge in [-0.3, -0.25) is 4.98 Å². The zero-order valence-corrected chi connectivity index (χ0v) is 17.7. The normalized spacial score (nSPS) is 12.0. The maximum atomic E-state index is 4.96. The minimum absolute atomic E-state index is 0. The molecule has 0 saturated carbocycles. The second kappa shape index (κ2) is 7.76. The molecule has 2 aromatic heterocycles. The molecule has 0 fully saturated rings. The highest BCUT2D eigenvalue weighted by atomic mass is 35.5. The van der Waals surface area contributed by atoms with Crippen molar-refractivity contribution in [3.63, 3.8) is 0 Å². The number of nitrogens with one attached hydrogen (secondary N) is 2. The van der Waals surface area contributed by atoms with Crippen molar-refractivity contribution in [2.24, 2.45) is 0 Å². The third-order valence-electron chi connectivity index (χ3n) is 4.31. The number of hydrogen-bond donors (Lipinski definition) is 2. The van der Waals surface area contributed by atoms with Crippen molar-refractivity contribution in [2.75, 3.05) is 5.32 Å². The van der Waals surface area contributed by atoms with Crippen LogP contribution in [-0.2, 0) is 5.41 Å². The number of H-pyrrole nitrogens is 1. The second-order valence-corrected chi connectivity index (χ2v) is 8.53. The van der Waals surface area contributed by atoms with Crippen molar-refractivity contribution in [3.05, 3.63) is 47.9 Å². The summed E-state index contributed by atoms with van der Waals surface area (Å²) in [4.78, 5) is 13.2. The molecule has 0 spiro atoms. The van der Waals surface area contributed by atoms with Crippen molar-refractivity contribution in [2.45, 2.75) is 33.1 Å². The molecule has 3 heterocycles. The van der Waals surface area contributed by atoms with Gasteiger partial charge < -0.3 is 15.8 Å². The fraction of sp³-hybridized carbons (Fsp3) is 0.250. The summed E-state index contributed by atoms with van der Waals surface area (Å²) in [7, 11) is 0.688. The van der Waals surface area contributed by atoms with Gasteiger partial charge in [0.05, 0.1) is 26.2 Å². The van der Waals surface area contributed by atoms with Crippen LogP contribution in [0.5, 0.6) is 0 Å². The van der Waals surface area contributed by atoms with Crippen LogP contribution >= 0.6 is 12.4 Å². The molecule has 141 valence electrons. The summed E-state index contributed by atoms with van der Waals surface area (Å²) in [5, 5.41) is 4.64. The third-order valence-corrected chi connectivity index (χ3v) is 5.32. The number of imidazole rings is 1. The van der Waals surface area contributed by atoms with E-state index in [1.807, 2.05) is 25.1 Å². The monoisotopic (exact) mass is 399 g/mol.